The van der Waals surface area contributed by atoms with Crippen LogP contribution in [0.15, 0.2) is 27.6 Å². The van der Waals surface area contributed by atoms with Gasteiger partial charge in [-0.15, -0.1) is 0 Å². The minimum atomic E-state index is -3.23. The van der Waals surface area contributed by atoms with Gasteiger partial charge in [0.25, 0.3) is 0 Å². The number of nitrogens with zero attached hydrogens (tertiary/aromatic N) is 1. The summed E-state index contributed by atoms with van der Waals surface area (Å²) in [5.74, 6) is 0. The molecular weight excluding hydrogens is 278 g/mol. The Balaban J connectivity index is 2.40. The number of aryl methyl sites for hydroxylation is 1. The van der Waals surface area contributed by atoms with Crippen LogP contribution in [0.2, 0.25) is 0 Å². The largest absolute Gasteiger partial charge is 0.243 e. The monoisotopic (exact) mass is 289 g/mol. The molecule has 0 atom stereocenters. The van der Waals surface area contributed by atoms with E-state index in [1.54, 1.807) is 18.2 Å². The van der Waals surface area contributed by atoms with E-state index in [0.717, 1.165) is 16.5 Å². The van der Waals surface area contributed by atoms with Gasteiger partial charge in [0, 0.05) is 17.6 Å². The second kappa shape index (κ2) is 3.88. The van der Waals surface area contributed by atoms with Crippen LogP contribution in [0.3, 0.4) is 0 Å². The molecule has 15 heavy (non-hydrogen) atoms. The molecule has 0 radical (unpaired) electrons. The minimum Gasteiger partial charge on any atom is -0.207 e. The van der Waals surface area contributed by atoms with Crippen molar-refractivity contribution in [3.05, 3.63) is 28.2 Å². The highest BCUT2D eigenvalue weighted by Crippen LogP contribution is 2.24. The van der Waals surface area contributed by atoms with Gasteiger partial charge in [0.1, 0.15) is 0 Å². The van der Waals surface area contributed by atoms with Crippen LogP contribution in [0.4, 0.5) is 0 Å². The van der Waals surface area contributed by atoms with Crippen molar-refractivity contribution < 1.29 is 8.42 Å². The summed E-state index contributed by atoms with van der Waals surface area (Å²) >= 11 is 3.36. The number of rotatable bonds is 2. The first kappa shape index (κ1) is 11.1. The van der Waals surface area contributed by atoms with Gasteiger partial charge in [-0.2, -0.15) is 4.31 Å². The smallest absolute Gasteiger partial charge is 0.207 e. The predicted molar refractivity (Wildman–Crippen MR) is 62.3 cm³/mol. The van der Waals surface area contributed by atoms with E-state index in [-0.39, 0.29) is 0 Å². The molecule has 1 aromatic rings. The average Bonchev–Trinajstić information content (AvgIpc) is 2.05. The Morgan fingerprint density at radius 2 is 2.00 bits per heavy atom. The zero-order chi connectivity index (χ0) is 11.1. The second-order valence-corrected chi connectivity index (χ2v) is 6.46. The van der Waals surface area contributed by atoms with Crippen LogP contribution in [0.25, 0.3) is 0 Å². The van der Waals surface area contributed by atoms with Gasteiger partial charge in [0.2, 0.25) is 10.0 Å². The van der Waals surface area contributed by atoms with E-state index < -0.39 is 10.0 Å². The molecule has 0 spiro atoms. The van der Waals surface area contributed by atoms with Crippen molar-refractivity contribution in [2.75, 3.05) is 13.1 Å². The predicted octanol–water partition coefficient (Wildman–Crippen LogP) is 2.15. The number of sulfonamides is 1. The van der Waals surface area contributed by atoms with Gasteiger partial charge in [0.15, 0.2) is 0 Å². The molecule has 2 rings (SSSR count). The first-order chi connectivity index (χ1) is 7.01. The van der Waals surface area contributed by atoms with Crippen LogP contribution >= 0.6 is 15.9 Å². The summed E-state index contributed by atoms with van der Waals surface area (Å²) < 4.78 is 26.4. The van der Waals surface area contributed by atoms with E-state index in [0.29, 0.717) is 18.0 Å². The lowest BCUT2D eigenvalue weighted by Crippen LogP contribution is -2.41. The third-order valence-corrected chi connectivity index (χ3v) is 5.37. The zero-order valence-electron chi connectivity index (χ0n) is 8.40. The molecule has 0 saturated carbocycles. The maximum absolute atomic E-state index is 12.0. The van der Waals surface area contributed by atoms with Gasteiger partial charge in [0.05, 0.1) is 4.90 Å². The van der Waals surface area contributed by atoms with Gasteiger partial charge in [-0.1, -0.05) is 15.9 Å². The van der Waals surface area contributed by atoms with Crippen molar-refractivity contribution in [2.45, 2.75) is 18.2 Å². The number of hydrogen-bond acceptors (Lipinski definition) is 2. The Hall–Kier alpha value is -0.390. The van der Waals surface area contributed by atoms with Crippen molar-refractivity contribution in [2.24, 2.45) is 0 Å². The summed E-state index contributed by atoms with van der Waals surface area (Å²) in [6.07, 6.45) is 0.967. The molecule has 3 nitrogen and oxygen atoms in total. The quantitative estimate of drug-likeness (QED) is 0.837. The minimum absolute atomic E-state index is 0.392. The summed E-state index contributed by atoms with van der Waals surface area (Å²) in [5.41, 5.74) is 0.941. The number of halogens is 1. The SMILES string of the molecule is Cc1cc(S(=O)(=O)N2CCC2)ccc1Br. The molecule has 0 N–H and O–H groups in total. The van der Waals surface area contributed by atoms with Crippen LogP contribution < -0.4 is 0 Å². The van der Waals surface area contributed by atoms with E-state index in [1.165, 1.54) is 4.31 Å². The molecule has 1 heterocycles. The highest BCUT2D eigenvalue weighted by atomic mass is 79.9. The van der Waals surface area contributed by atoms with Gasteiger partial charge < -0.3 is 0 Å². The summed E-state index contributed by atoms with van der Waals surface area (Å²) in [6.45, 7) is 3.19. The van der Waals surface area contributed by atoms with Crippen molar-refractivity contribution in [3.63, 3.8) is 0 Å². The molecule has 0 amide bonds. The molecule has 0 bridgehead atoms. The first-order valence-corrected chi connectivity index (χ1v) is 7.01. The molecule has 82 valence electrons. The fourth-order valence-electron chi connectivity index (χ4n) is 1.45. The van der Waals surface area contributed by atoms with Crippen LogP contribution in [0.1, 0.15) is 12.0 Å². The fraction of sp³-hybridized carbons (Fsp3) is 0.400. The number of hydrogen-bond donors (Lipinski definition) is 0. The van der Waals surface area contributed by atoms with Crippen molar-refractivity contribution in [1.82, 2.24) is 4.31 Å². The maximum Gasteiger partial charge on any atom is 0.243 e. The van der Waals surface area contributed by atoms with Gasteiger partial charge in [-0.25, -0.2) is 8.42 Å². The average molecular weight is 290 g/mol. The molecule has 1 aliphatic heterocycles. The zero-order valence-corrected chi connectivity index (χ0v) is 10.8. The molecule has 1 aliphatic rings. The van der Waals surface area contributed by atoms with E-state index >= 15 is 0 Å². The third kappa shape index (κ3) is 1.96. The highest BCUT2D eigenvalue weighted by molar-refractivity contribution is 9.10. The van der Waals surface area contributed by atoms with E-state index in [1.807, 2.05) is 6.92 Å². The Morgan fingerprint density at radius 1 is 1.33 bits per heavy atom. The normalized spacial score (nSPS) is 17.5. The second-order valence-electron chi connectivity index (χ2n) is 3.67. The first-order valence-electron chi connectivity index (χ1n) is 4.78. The molecule has 1 saturated heterocycles. The van der Waals surface area contributed by atoms with Gasteiger partial charge in [-0.05, 0) is 37.1 Å². The van der Waals surface area contributed by atoms with Crippen LogP contribution in [-0.2, 0) is 10.0 Å². The van der Waals surface area contributed by atoms with Gasteiger partial charge in [-0.3, -0.25) is 0 Å². The molecular formula is C10H12BrNO2S. The van der Waals surface area contributed by atoms with Crippen LogP contribution in [0, 0.1) is 6.92 Å². The van der Waals surface area contributed by atoms with Crippen LogP contribution in [-0.4, -0.2) is 25.8 Å². The van der Waals surface area contributed by atoms with Crippen molar-refractivity contribution >= 4 is 26.0 Å². The summed E-state index contributed by atoms with van der Waals surface area (Å²) in [6, 6.07) is 5.13. The molecule has 0 aromatic heterocycles. The Bertz CT molecular complexity index is 480. The summed E-state index contributed by atoms with van der Waals surface area (Å²) in [4.78, 5) is 0.392. The standard InChI is InChI=1S/C10H12BrNO2S/c1-8-7-9(3-4-10(8)11)15(13,14)12-5-2-6-12/h3-4,7H,2,5-6H2,1H3. The van der Waals surface area contributed by atoms with E-state index in [2.05, 4.69) is 15.9 Å². The van der Waals surface area contributed by atoms with Crippen molar-refractivity contribution in [1.29, 1.82) is 0 Å². The lowest BCUT2D eigenvalue weighted by Gasteiger charge is -2.29. The third-order valence-electron chi connectivity index (χ3n) is 2.58. The van der Waals surface area contributed by atoms with Crippen LogP contribution in [0.5, 0.6) is 0 Å². The molecule has 1 fully saturated rings. The summed E-state index contributed by atoms with van der Waals surface area (Å²) in [7, 11) is -3.23. The topological polar surface area (TPSA) is 37.4 Å². The van der Waals surface area contributed by atoms with E-state index in [9.17, 15) is 8.42 Å². The van der Waals surface area contributed by atoms with Crippen molar-refractivity contribution in [3.8, 4) is 0 Å². The number of benzene rings is 1. The molecule has 0 aliphatic carbocycles. The van der Waals surface area contributed by atoms with Gasteiger partial charge >= 0.3 is 0 Å². The highest BCUT2D eigenvalue weighted by Gasteiger charge is 2.29. The molecule has 0 unspecified atom stereocenters. The Morgan fingerprint density at radius 3 is 2.47 bits per heavy atom. The molecule has 5 heteroatoms. The lowest BCUT2D eigenvalue weighted by atomic mass is 10.2. The maximum atomic E-state index is 12.0. The summed E-state index contributed by atoms with van der Waals surface area (Å²) in [5, 5.41) is 0. The Kier molecular flexibility index (Phi) is 2.87. The lowest BCUT2D eigenvalue weighted by molar-refractivity contribution is 0.309. The Labute approximate surface area is 98.3 Å². The fourth-order valence-corrected chi connectivity index (χ4v) is 3.30. The molecule has 1 aromatic carbocycles. The van der Waals surface area contributed by atoms with E-state index in [4.69, 9.17) is 0 Å².